The molecule has 0 aliphatic rings. The first-order valence-electron chi connectivity index (χ1n) is 5.36. The van der Waals surface area contributed by atoms with Crippen molar-refractivity contribution in [2.45, 2.75) is 19.5 Å². The van der Waals surface area contributed by atoms with Crippen LogP contribution in [0.4, 0.5) is 10.1 Å². The Morgan fingerprint density at radius 3 is 2.78 bits per heavy atom. The van der Waals surface area contributed by atoms with Crippen molar-refractivity contribution >= 4 is 16.5 Å². The number of rotatable bonds is 6. The second-order valence-electron chi connectivity index (χ2n) is 4.05. The molecule has 0 aliphatic heterocycles. The Balaban J connectivity index is 2.74. The predicted octanol–water partition coefficient (Wildman–Crippen LogP) is 1.59. The van der Waals surface area contributed by atoms with Gasteiger partial charge in [0.15, 0.2) is 0 Å². The van der Waals surface area contributed by atoms with Gasteiger partial charge in [-0.1, -0.05) is 0 Å². The van der Waals surface area contributed by atoms with Crippen LogP contribution in [0.5, 0.6) is 0 Å². The third-order valence-electron chi connectivity index (χ3n) is 2.36. The molecule has 2 unspecified atom stereocenters. The fraction of sp³-hybridized carbons (Fsp3) is 0.455. The van der Waals surface area contributed by atoms with Crippen LogP contribution in [0.1, 0.15) is 12.5 Å². The maximum Gasteiger partial charge on any atom is 0.274 e. The van der Waals surface area contributed by atoms with Crippen molar-refractivity contribution in [2.75, 3.05) is 12.0 Å². The Labute approximate surface area is 107 Å². The third-order valence-corrected chi connectivity index (χ3v) is 3.33. The number of hydrogen-bond acceptors (Lipinski definition) is 4. The van der Waals surface area contributed by atoms with Crippen LogP contribution in [0, 0.1) is 15.9 Å². The van der Waals surface area contributed by atoms with Crippen molar-refractivity contribution in [1.29, 1.82) is 0 Å². The van der Waals surface area contributed by atoms with Gasteiger partial charge in [-0.05, 0) is 19.1 Å². The zero-order chi connectivity index (χ0) is 13.7. The zero-order valence-electron chi connectivity index (χ0n) is 10.2. The number of nitrogens with one attached hydrogen (secondary N) is 1. The number of halogens is 1. The number of benzene rings is 1. The maximum atomic E-state index is 13.0. The average Bonchev–Trinajstić information content (AvgIpc) is 2.25. The van der Waals surface area contributed by atoms with E-state index < -0.39 is 21.5 Å². The van der Waals surface area contributed by atoms with E-state index in [1.807, 2.05) is 6.92 Å². The van der Waals surface area contributed by atoms with E-state index in [9.17, 15) is 18.7 Å². The molecular formula is C11H15FN2O3S. The minimum Gasteiger partial charge on any atom is -0.309 e. The van der Waals surface area contributed by atoms with Gasteiger partial charge in [-0.2, -0.15) is 0 Å². The van der Waals surface area contributed by atoms with Crippen LogP contribution in [-0.4, -0.2) is 27.2 Å². The van der Waals surface area contributed by atoms with Crippen molar-refractivity contribution in [2.24, 2.45) is 0 Å². The highest BCUT2D eigenvalue weighted by atomic mass is 32.2. The lowest BCUT2D eigenvalue weighted by Crippen LogP contribution is -2.30. The molecule has 0 fully saturated rings. The van der Waals surface area contributed by atoms with Crippen LogP contribution in [-0.2, 0) is 17.3 Å². The van der Waals surface area contributed by atoms with Gasteiger partial charge in [0.05, 0.1) is 4.92 Å². The Morgan fingerprint density at radius 2 is 2.22 bits per heavy atom. The van der Waals surface area contributed by atoms with E-state index in [4.69, 9.17) is 0 Å². The summed E-state index contributed by atoms with van der Waals surface area (Å²) in [5.74, 6) is -0.0625. The monoisotopic (exact) mass is 274 g/mol. The topological polar surface area (TPSA) is 72.2 Å². The van der Waals surface area contributed by atoms with E-state index in [2.05, 4.69) is 5.32 Å². The second-order valence-corrected chi connectivity index (χ2v) is 5.53. The molecule has 0 spiro atoms. The summed E-state index contributed by atoms with van der Waals surface area (Å²) in [6, 6.07) is 3.29. The van der Waals surface area contributed by atoms with Gasteiger partial charge in [-0.3, -0.25) is 14.3 Å². The summed E-state index contributed by atoms with van der Waals surface area (Å²) < 4.78 is 24.0. The van der Waals surface area contributed by atoms with Crippen LogP contribution in [0.2, 0.25) is 0 Å². The minimum absolute atomic E-state index is 0.0568. The normalized spacial score (nSPS) is 14.2. The number of nitrogens with zero attached hydrogens (tertiary/aromatic N) is 1. The number of hydrogen-bond donors (Lipinski definition) is 1. The van der Waals surface area contributed by atoms with Gasteiger partial charge in [0.1, 0.15) is 5.82 Å². The van der Waals surface area contributed by atoms with Crippen molar-refractivity contribution in [3.8, 4) is 0 Å². The molecule has 1 N–H and O–H groups in total. The SMILES string of the molecule is CC(CS(C)=O)NCc1cc(F)ccc1[N+](=O)[O-]. The smallest absolute Gasteiger partial charge is 0.274 e. The maximum absolute atomic E-state index is 13.0. The molecule has 0 radical (unpaired) electrons. The highest BCUT2D eigenvalue weighted by Crippen LogP contribution is 2.19. The molecule has 7 heteroatoms. The van der Waals surface area contributed by atoms with Gasteiger partial charge >= 0.3 is 0 Å². The number of nitro groups is 1. The number of nitro benzene ring substituents is 1. The first-order valence-corrected chi connectivity index (χ1v) is 7.09. The molecule has 2 atom stereocenters. The standard InChI is InChI=1S/C11H15FN2O3S/c1-8(7-18(2)17)13-6-9-5-10(12)3-4-11(9)14(15)16/h3-5,8,13H,6-7H2,1-2H3. The van der Waals surface area contributed by atoms with E-state index in [-0.39, 0.29) is 23.8 Å². The van der Waals surface area contributed by atoms with Crippen molar-refractivity contribution in [3.63, 3.8) is 0 Å². The summed E-state index contributed by atoms with van der Waals surface area (Å²) >= 11 is 0. The Kier molecular flexibility index (Phi) is 5.36. The zero-order valence-corrected chi connectivity index (χ0v) is 11.0. The van der Waals surface area contributed by atoms with E-state index in [1.54, 1.807) is 6.26 Å². The van der Waals surface area contributed by atoms with Crippen LogP contribution >= 0.6 is 0 Å². The lowest BCUT2D eigenvalue weighted by atomic mass is 10.1. The summed E-state index contributed by atoms with van der Waals surface area (Å²) in [4.78, 5) is 10.2. The van der Waals surface area contributed by atoms with Crippen molar-refractivity contribution in [1.82, 2.24) is 5.32 Å². The Bertz CT molecular complexity index is 468. The molecule has 1 aromatic rings. The van der Waals surface area contributed by atoms with Crippen LogP contribution < -0.4 is 5.32 Å². The molecule has 0 aliphatic carbocycles. The molecule has 0 bridgehead atoms. The molecule has 0 saturated heterocycles. The lowest BCUT2D eigenvalue weighted by molar-refractivity contribution is -0.385. The summed E-state index contributed by atoms with van der Waals surface area (Å²) in [5, 5.41) is 13.8. The fourth-order valence-corrected chi connectivity index (χ4v) is 2.39. The van der Waals surface area contributed by atoms with E-state index in [0.717, 1.165) is 18.2 Å². The summed E-state index contributed by atoms with van der Waals surface area (Å²) in [7, 11) is -0.943. The van der Waals surface area contributed by atoms with Gasteiger partial charge < -0.3 is 5.32 Å². The van der Waals surface area contributed by atoms with E-state index >= 15 is 0 Å². The molecule has 18 heavy (non-hydrogen) atoms. The minimum atomic E-state index is -0.943. The quantitative estimate of drug-likeness (QED) is 0.631. The molecule has 1 aromatic carbocycles. The van der Waals surface area contributed by atoms with Crippen LogP contribution in [0.3, 0.4) is 0 Å². The molecule has 0 amide bonds. The predicted molar refractivity (Wildman–Crippen MR) is 68.3 cm³/mol. The first kappa shape index (κ1) is 14.7. The second kappa shape index (κ2) is 6.55. The highest BCUT2D eigenvalue weighted by molar-refractivity contribution is 7.84. The van der Waals surface area contributed by atoms with E-state index in [0.29, 0.717) is 5.75 Å². The van der Waals surface area contributed by atoms with Gasteiger partial charge in [0.2, 0.25) is 0 Å². The van der Waals surface area contributed by atoms with Crippen molar-refractivity contribution < 1.29 is 13.5 Å². The Morgan fingerprint density at radius 1 is 1.56 bits per heavy atom. The van der Waals surface area contributed by atoms with Gasteiger partial charge in [-0.15, -0.1) is 0 Å². The molecule has 0 aromatic heterocycles. The molecule has 1 rings (SSSR count). The Hall–Kier alpha value is -1.34. The molecule has 100 valence electrons. The molecule has 5 nitrogen and oxygen atoms in total. The first-order chi connectivity index (χ1) is 8.40. The molecule has 0 heterocycles. The summed E-state index contributed by atoms with van der Waals surface area (Å²) in [6.45, 7) is 2.00. The van der Waals surface area contributed by atoms with E-state index in [1.165, 1.54) is 0 Å². The van der Waals surface area contributed by atoms with Gasteiger partial charge in [0.25, 0.3) is 5.69 Å². The molecular weight excluding hydrogens is 259 g/mol. The largest absolute Gasteiger partial charge is 0.309 e. The summed E-state index contributed by atoms with van der Waals surface area (Å²) in [6.07, 6.45) is 1.59. The molecule has 0 saturated carbocycles. The summed E-state index contributed by atoms with van der Waals surface area (Å²) in [5.41, 5.74) is 0.169. The van der Waals surface area contributed by atoms with Gasteiger partial charge in [0, 0.05) is 47.0 Å². The lowest BCUT2D eigenvalue weighted by Gasteiger charge is -2.12. The van der Waals surface area contributed by atoms with Gasteiger partial charge in [-0.25, -0.2) is 4.39 Å². The third kappa shape index (κ3) is 4.50. The fourth-order valence-electron chi connectivity index (χ4n) is 1.57. The highest BCUT2D eigenvalue weighted by Gasteiger charge is 2.15. The van der Waals surface area contributed by atoms with Crippen LogP contribution in [0.25, 0.3) is 0 Å². The average molecular weight is 274 g/mol. The van der Waals surface area contributed by atoms with Crippen LogP contribution in [0.15, 0.2) is 18.2 Å². The van der Waals surface area contributed by atoms with Crippen molar-refractivity contribution in [3.05, 3.63) is 39.7 Å².